The summed E-state index contributed by atoms with van der Waals surface area (Å²) in [6.07, 6.45) is 1.20. The molecule has 0 radical (unpaired) electrons. The smallest absolute Gasteiger partial charge is 0.0336 e. The van der Waals surface area contributed by atoms with Crippen LogP contribution in [0, 0.1) is 12.8 Å². The van der Waals surface area contributed by atoms with Gasteiger partial charge >= 0.3 is 0 Å². The Bertz CT molecular complexity index is 303. The van der Waals surface area contributed by atoms with Crippen LogP contribution in [0.25, 0.3) is 0 Å². The van der Waals surface area contributed by atoms with Gasteiger partial charge in [-0.15, -0.1) is 0 Å². The maximum atomic E-state index is 6.23. The molecule has 14 heavy (non-hydrogen) atoms. The normalized spacial score (nSPS) is 23.7. The van der Waals surface area contributed by atoms with E-state index in [1.165, 1.54) is 17.5 Å². The molecule has 0 aliphatic carbocycles. The van der Waals surface area contributed by atoms with Gasteiger partial charge in [-0.3, -0.25) is 0 Å². The van der Waals surface area contributed by atoms with E-state index in [-0.39, 0.29) is 6.04 Å². The van der Waals surface area contributed by atoms with Crippen molar-refractivity contribution in [3.05, 3.63) is 35.4 Å². The predicted molar refractivity (Wildman–Crippen MR) is 59.1 cm³/mol. The van der Waals surface area contributed by atoms with E-state index in [1.807, 2.05) is 0 Å². The van der Waals surface area contributed by atoms with Gasteiger partial charge in [-0.2, -0.15) is 0 Å². The minimum absolute atomic E-state index is 0.199. The van der Waals surface area contributed by atoms with Gasteiger partial charge in [-0.25, -0.2) is 0 Å². The summed E-state index contributed by atoms with van der Waals surface area (Å²) >= 11 is 0. The molecule has 1 saturated heterocycles. The fourth-order valence-corrected chi connectivity index (χ4v) is 2.13. The highest BCUT2D eigenvalue weighted by molar-refractivity contribution is 5.25. The molecule has 2 nitrogen and oxygen atoms in total. The average Bonchev–Trinajstić information content (AvgIpc) is 2.69. The molecule has 1 heterocycles. The number of aryl methyl sites for hydroxylation is 1. The lowest BCUT2D eigenvalue weighted by Gasteiger charge is -2.18. The summed E-state index contributed by atoms with van der Waals surface area (Å²) in [5.74, 6) is 0.608. The van der Waals surface area contributed by atoms with E-state index in [9.17, 15) is 0 Å². The number of benzene rings is 1. The van der Waals surface area contributed by atoms with Crippen molar-refractivity contribution in [2.75, 3.05) is 13.1 Å². The van der Waals surface area contributed by atoms with Crippen LogP contribution in [0.2, 0.25) is 0 Å². The molecule has 2 atom stereocenters. The zero-order valence-electron chi connectivity index (χ0n) is 8.66. The predicted octanol–water partition coefficient (Wildman–Crippen LogP) is 1.60. The second-order valence-corrected chi connectivity index (χ2v) is 4.19. The van der Waals surface area contributed by atoms with Gasteiger partial charge in [0.05, 0.1) is 0 Å². The maximum Gasteiger partial charge on any atom is 0.0336 e. The first-order valence-corrected chi connectivity index (χ1v) is 5.30. The molecular formula is C12H18N2. The Morgan fingerprint density at radius 1 is 1.50 bits per heavy atom. The number of hydrogen-bond donors (Lipinski definition) is 2. The molecule has 0 spiro atoms. The maximum absolute atomic E-state index is 6.23. The summed E-state index contributed by atoms with van der Waals surface area (Å²) in [7, 11) is 0. The first-order valence-electron chi connectivity index (χ1n) is 5.30. The highest BCUT2D eigenvalue weighted by Crippen LogP contribution is 2.24. The summed E-state index contributed by atoms with van der Waals surface area (Å²) in [5.41, 5.74) is 8.80. The van der Waals surface area contributed by atoms with E-state index in [0.717, 1.165) is 13.1 Å². The van der Waals surface area contributed by atoms with Crippen LogP contribution < -0.4 is 11.1 Å². The Balaban J connectivity index is 2.13. The zero-order chi connectivity index (χ0) is 9.97. The Hall–Kier alpha value is -0.860. The second-order valence-electron chi connectivity index (χ2n) is 4.19. The van der Waals surface area contributed by atoms with Crippen LogP contribution in [0.5, 0.6) is 0 Å². The number of nitrogens with two attached hydrogens (primary N) is 1. The summed E-state index contributed by atoms with van der Waals surface area (Å²) < 4.78 is 0. The average molecular weight is 190 g/mol. The van der Waals surface area contributed by atoms with E-state index in [1.54, 1.807) is 0 Å². The van der Waals surface area contributed by atoms with Gasteiger partial charge in [0.1, 0.15) is 0 Å². The molecule has 1 aromatic rings. The van der Waals surface area contributed by atoms with Crippen LogP contribution >= 0.6 is 0 Å². The zero-order valence-corrected chi connectivity index (χ0v) is 8.66. The summed E-state index contributed by atoms with van der Waals surface area (Å²) in [6, 6.07) is 8.74. The van der Waals surface area contributed by atoms with Crippen molar-refractivity contribution in [1.29, 1.82) is 0 Å². The van der Waals surface area contributed by atoms with Gasteiger partial charge in [0, 0.05) is 6.04 Å². The molecule has 0 bridgehead atoms. The third-order valence-corrected chi connectivity index (χ3v) is 3.03. The molecule has 1 fully saturated rings. The molecule has 76 valence electrons. The molecule has 0 saturated carbocycles. The molecule has 2 heteroatoms. The van der Waals surface area contributed by atoms with E-state index < -0.39 is 0 Å². The Morgan fingerprint density at radius 3 is 3.00 bits per heavy atom. The SMILES string of the molecule is Cc1cccc(C(N)C2CCNC2)c1. The lowest BCUT2D eigenvalue weighted by Crippen LogP contribution is -2.23. The van der Waals surface area contributed by atoms with E-state index in [2.05, 4.69) is 36.5 Å². The molecule has 1 aliphatic heterocycles. The largest absolute Gasteiger partial charge is 0.324 e. The van der Waals surface area contributed by atoms with Gasteiger partial charge in [0.2, 0.25) is 0 Å². The van der Waals surface area contributed by atoms with Crippen molar-refractivity contribution < 1.29 is 0 Å². The summed E-state index contributed by atoms with van der Waals surface area (Å²) in [5, 5.41) is 3.36. The summed E-state index contributed by atoms with van der Waals surface area (Å²) in [6.45, 7) is 4.29. The van der Waals surface area contributed by atoms with Crippen LogP contribution in [0.1, 0.15) is 23.6 Å². The first-order chi connectivity index (χ1) is 6.77. The van der Waals surface area contributed by atoms with Crippen LogP contribution in [-0.2, 0) is 0 Å². The van der Waals surface area contributed by atoms with Crippen molar-refractivity contribution in [1.82, 2.24) is 5.32 Å². The standard InChI is InChI=1S/C12H18N2/c1-9-3-2-4-10(7-9)12(13)11-5-6-14-8-11/h2-4,7,11-12,14H,5-6,8,13H2,1H3. The minimum Gasteiger partial charge on any atom is -0.324 e. The lowest BCUT2D eigenvalue weighted by molar-refractivity contribution is 0.470. The Labute approximate surface area is 85.5 Å². The molecule has 3 N–H and O–H groups in total. The molecule has 1 aliphatic rings. The van der Waals surface area contributed by atoms with E-state index in [0.29, 0.717) is 5.92 Å². The molecule has 0 aromatic heterocycles. The van der Waals surface area contributed by atoms with E-state index >= 15 is 0 Å². The minimum atomic E-state index is 0.199. The Morgan fingerprint density at radius 2 is 2.36 bits per heavy atom. The third-order valence-electron chi connectivity index (χ3n) is 3.03. The first kappa shape index (κ1) is 9.69. The van der Waals surface area contributed by atoms with Crippen molar-refractivity contribution in [3.63, 3.8) is 0 Å². The van der Waals surface area contributed by atoms with Crippen molar-refractivity contribution >= 4 is 0 Å². The highest BCUT2D eigenvalue weighted by atomic mass is 14.9. The second kappa shape index (κ2) is 4.11. The molecule has 0 amide bonds. The van der Waals surface area contributed by atoms with Crippen molar-refractivity contribution in [2.24, 2.45) is 11.7 Å². The van der Waals surface area contributed by atoms with Gasteiger partial charge in [-0.1, -0.05) is 29.8 Å². The van der Waals surface area contributed by atoms with Crippen molar-refractivity contribution in [2.45, 2.75) is 19.4 Å². The van der Waals surface area contributed by atoms with Gasteiger partial charge in [0.25, 0.3) is 0 Å². The van der Waals surface area contributed by atoms with E-state index in [4.69, 9.17) is 5.73 Å². The summed E-state index contributed by atoms with van der Waals surface area (Å²) in [4.78, 5) is 0. The van der Waals surface area contributed by atoms with Gasteiger partial charge in [0.15, 0.2) is 0 Å². The fourth-order valence-electron chi connectivity index (χ4n) is 2.13. The quantitative estimate of drug-likeness (QED) is 0.743. The molecule has 1 aromatic carbocycles. The highest BCUT2D eigenvalue weighted by Gasteiger charge is 2.22. The molecule has 2 unspecified atom stereocenters. The molecule has 2 rings (SSSR count). The van der Waals surface area contributed by atoms with Crippen LogP contribution in [-0.4, -0.2) is 13.1 Å². The topological polar surface area (TPSA) is 38.0 Å². The van der Waals surface area contributed by atoms with Gasteiger partial charge in [-0.05, 0) is 37.9 Å². The number of hydrogen-bond acceptors (Lipinski definition) is 2. The van der Waals surface area contributed by atoms with Gasteiger partial charge < -0.3 is 11.1 Å². The Kier molecular flexibility index (Phi) is 2.85. The fraction of sp³-hybridized carbons (Fsp3) is 0.500. The van der Waals surface area contributed by atoms with Crippen LogP contribution in [0.15, 0.2) is 24.3 Å². The van der Waals surface area contributed by atoms with Crippen LogP contribution in [0.4, 0.5) is 0 Å². The third kappa shape index (κ3) is 1.97. The monoisotopic (exact) mass is 190 g/mol. The van der Waals surface area contributed by atoms with Crippen LogP contribution in [0.3, 0.4) is 0 Å². The molecular weight excluding hydrogens is 172 g/mol. The number of nitrogens with one attached hydrogen (secondary N) is 1. The number of rotatable bonds is 2. The van der Waals surface area contributed by atoms with Crippen molar-refractivity contribution in [3.8, 4) is 0 Å². The lowest BCUT2D eigenvalue weighted by atomic mass is 9.92.